The first-order valence-electron chi connectivity index (χ1n) is 11.3. The third kappa shape index (κ3) is 5.63. The molecule has 0 N–H and O–H groups in total. The number of anilines is 1. The number of rotatable bonds is 6. The van der Waals surface area contributed by atoms with Gasteiger partial charge in [0.1, 0.15) is 12.4 Å². The molecule has 4 rings (SSSR count). The van der Waals surface area contributed by atoms with Crippen LogP contribution in [0.1, 0.15) is 35.4 Å². The molecule has 0 radical (unpaired) electrons. The van der Waals surface area contributed by atoms with Crippen LogP contribution in [0.15, 0.2) is 60.0 Å². The zero-order valence-corrected chi connectivity index (χ0v) is 20.2. The van der Waals surface area contributed by atoms with Gasteiger partial charge >= 0.3 is 0 Å². The molecule has 1 aliphatic rings. The van der Waals surface area contributed by atoms with E-state index in [0.717, 1.165) is 33.0 Å². The Hall–Kier alpha value is -3.12. The average Bonchev–Trinajstić information content (AvgIpc) is 3.21. The molecule has 0 fully saturated rings. The van der Waals surface area contributed by atoms with E-state index in [1.807, 2.05) is 84.5 Å². The van der Waals surface area contributed by atoms with Crippen LogP contribution in [0.25, 0.3) is 0 Å². The number of carbonyl (C=O) groups excluding carboxylic acids is 2. The van der Waals surface area contributed by atoms with Crippen LogP contribution in [-0.4, -0.2) is 29.9 Å². The van der Waals surface area contributed by atoms with Crippen molar-refractivity contribution in [3.63, 3.8) is 0 Å². The molecule has 2 aromatic carbocycles. The summed E-state index contributed by atoms with van der Waals surface area (Å²) in [4.78, 5) is 30.7. The summed E-state index contributed by atoms with van der Waals surface area (Å²) < 4.78 is 5.94. The molecule has 0 bridgehead atoms. The zero-order chi connectivity index (χ0) is 23.4. The Bertz CT molecular complexity index is 1110. The number of nitrogens with zero attached hydrogens (tertiary/aromatic N) is 2. The van der Waals surface area contributed by atoms with Crippen molar-refractivity contribution in [2.45, 2.75) is 40.3 Å². The van der Waals surface area contributed by atoms with Crippen molar-refractivity contribution in [2.24, 2.45) is 5.92 Å². The summed E-state index contributed by atoms with van der Waals surface area (Å²) in [6.07, 6.45) is 0.413. The van der Waals surface area contributed by atoms with Gasteiger partial charge in [-0.1, -0.05) is 43.7 Å². The van der Waals surface area contributed by atoms with Gasteiger partial charge in [-0.25, -0.2) is 0 Å². The number of hydrogen-bond donors (Lipinski definition) is 0. The topological polar surface area (TPSA) is 49.9 Å². The Morgan fingerprint density at radius 2 is 1.91 bits per heavy atom. The minimum atomic E-state index is -0.110. The van der Waals surface area contributed by atoms with Gasteiger partial charge in [0.25, 0.3) is 0 Å². The predicted octanol–water partition coefficient (Wildman–Crippen LogP) is 5.21. The fraction of sp³-hybridized carbons (Fsp3) is 0.333. The lowest BCUT2D eigenvalue weighted by molar-refractivity contribution is -0.131. The lowest BCUT2D eigenvalue weighted by atomic mass is 10.1. The lowest BCUT2D eigenvalue weighted by Crippen LogP contribution is -2.34. The van der Waals surface area contributed by atoms with E-state index in [-0.39, 0.29) is 17.7 Å². The monoisotopic (exact) mass is 462 g/mol. The highest BCUT2D eigenvalue weighted by Crippen LogP contribution is 2.27. The van der Waals surface area contributed by atoms with Gasteiger partial charge in [0.05, 0.1) is 19.5 Å². The van der Waals surface area contributed by atoms with Gasteiger partial charge in [-0.15, -0.1) is 11.3 Å². The summed E-state index contributed by atoms with van der Waals surface area (Å²) in [5.74, 6) is 0.886. The quantitative estimate of drug-likeness (QED) is 0.505. The summed E-state index contributed by atoms with van der Waals surface area (Å²) in [5, 5.41) is 1.99. The SMILES string of the molecule is Cc1ccc(N(Cc2ccc3c(c2)CN(C(=O)Cc2cccs2)CCO3)C(=O)C(C)C)cc1. The molecule has 3 aromatic rings. The molecule has 6 heteroatoms. The summed E-state index contributed by atoms with van der Waals surface area (Å²) in [6.45, 7) is 7.90. The van der Waals surface area contributed by atoms with Crippen LogP contribution in [0.4, 0.5) is 5.69 Å². The number of ether oxygens (including phenoxy) is 1. The fourth-order valence-electron chi connectivity index (χ4n) is 3.95. The Kier molecular flexibility index (Phi) is 7.14. The Balaban J connectivity index is 1.55. The van der Waals surface area contributed by atoms with Crippen LogP contribution in [0.5, 0.6) is 5.75 Å². The Labute approximate surface area is 199 Å². The second-order valence-corrected chi connectivity index (χ2v) is 9.81. The number of thiophene rings is 1. The first-order chi connectivity index (χ1) is 15.9. The molecule has 0 spiro atoms. The summed E-state index contributed by atoms with van der Waals surface area (Å²) in [5.41, 5.74) is 4.04. The fourth-order valence-corrected chi connectivity index (χ4v) is 4.64. The van der Waals surface area contributed by atoms with Crippen LogP contribution >= 0.6 is 11.3 Å². The molecule has 0 unspecified atom stereocenters. The molecule has 1 aromatic heterocycles. The molecule has 0 atom stereocenters. The smallest absolute Gasteiger partial charge is 0.229 e. The molecular formula is C27H30N2O3S. The third-order valence-corrected chi connectivity index (χ3v) is 6.69. The molecule has 0 aliphatic carbocycles. The molecule has 0 saturated carbocycles. The highest BCUT2D eigenvalue weighted by Gasteiger charge is 2.23. The van der Waals surface area contributed by atoms with E-state index in [1.165, 1.54) is 0 Å². The minimum Gasteiger partial charge on any atom is -0.491 e. The number of carbonyl (C=O) groups is 2. The number of fused-ring (bicyclic) bond motifs is 1. The van der Waals surface area contributed by atoms with Gasteiger partial charge in [0.15, 0.2) is 0 Å². The highest BCUT2D eigenvalue weighted by molar-refractivity contribution is 7.10. The maximum Gasteiger partial charge on any atom is 0.229 e. The molecule has 5 nitrogen and oxygen atoms in total. The lowest BCUT2D eigenvalue weighted by Gasteiger charge is -2.26. The number of benzene rings is 2. The first-order valence-corrected chi connectivity index (χ1v) is 12.2. The Morgan fingerprint density at radius 3 is 2.61 bits per heavy atom. The largest absolute Gasteiger partial charge is 0.491 e. The molecule has 33 heavy (non-hydrogen) atoms. The summed E-state index contributed by atoms with van der Waals surface area (Å²) in [7, 11) is 0. The van der Waals surface area contributed by atoms with Crippen molar-refractivity contribution in [2.75, 3.05) is 18.1 Å². The van der Waals surface area contributed by atoms with Crippen molar-refractivity contribution < 1.29 is 14.3 Å². The second kappa shape index (κ2) is 10.2. The van der Waals surface area contributed by atoms with Crippen LogP contribution in [0.3, 0.4) is 0 Å². The van der Waals surface area contributed by atoms with Crippen LogP contribution in [0, 0.1) is 12.8 Å². The van der Waals surface area contributed by atoms with E-state index >= 15 is 0 Å². The van der Waals surface area contributed by atoms with Crippen molar-refractivity contribution in [1.82, 2.24) is 4.90 Å². The van der Waals surface area contributed by atoms with Gasteiger partial charge in [0, 0.05) is 28.6 Å². The number of amides is 2. The van der Waals surface area contributed by atoms with Gasteiger partial charge < -0.3 is 14.5 Å². The number of hydrogen-bond acceptors (Lipinski definition) is 4. The van der Waals surface area contributed by atoms with Crippen LogP contribution in [-0.2, 0) is 29.1 Å². The molecule has 2 amide bonds. The maximum absolute atomic E-state index is 13.0. The standard InChI is InChI=1S/C27H30N2O3S/c1-19(2)27(31)29(23-9-6-20(3)7-10-23)17-21-8-11-25-22(15-21)18-28(12-13-32-25)26(30)16-24-5-4-14-33-24/h4-11,14-15,19H,12-13,16-18H2,1-3H3. The van der Waals surface area contributed by atoms with Crippen molar-refractivity contribution in [1.29, 1.82) is 0 Å². The molecule has 2 heterocycles. The Morgan fingerprint density at radius 1 is 1.12 bits per heavy atom. The number of aryl methyl sites for hydroxylation is 1. The summed E-state index contributed by atoms with van der Waals surface area (Å²) in [6, 6.07) is 18.0. The third-order valence-electron chi connectivity index (χ3n) is 5.81. The van der Waals surface area contributed by atoms with E-state index in [0.29, 0.717) is 32.7 Å². The van der Waals surface area contributed by atoms with E-state index in [2.05, 4.69) is 6.07 Å². The minimum absolute atomic E-state index is 0.0813. The van der Waals surface area contributed by atoms with Crippen LogP contribution < -0.4 is 9.64 Å². The maximum atomic E-state index is 13.0. The van der Waals surface area contributed by atoms with E-state index in [1.54, 1.807) is 11.3 Å². The van der Waals surface area contributed by atoms with Crippen LogP contribution in [0.2, 0.25) is 0 Å². The van der Waals surface area contributed by atoms with Gasteiger partial charge in [0.2, 0.25) is 11.8 Å². The van der Waals surface area contributed by atoms with Crippen molar-refractivity contribution in [3.05, 3.63) is 81.5 Å². The second-order valence-electron chi connectivity index (χ2n) is 8.78. The van der Waals surface area contributed by atoms with E-state index < -0.39 is 0 Å². The summed E-state index contributed by atoms with van der Waals surface area (Å²) >= 11 is 1.60. The van der Waals surface area contributed by atoms with E-state index in [9.17, 15) is 9.59 Å². The normalized spacial score (nSPS) is 13.3. The predicted molar refractivity (Wildman–Crippen MR) is 133 cm³/mol. The molecule has 172 valence electrons. The molecular weight excluding hydrogens is 432 g/mol. The molecule has 0 saturated heterocycles. The van der Waals surface area contributed by atoms with Gasteiger partial charge in [-0.3, -0.25) is 9.59 Å². The average molecular weight is 463 g/mol. The highest BCUT2D eigenvalue weighted by atomic mass is 32.1. The van der Waals surface area contributed by atoms with E-state index in [4.69, 9.17) is 4.74 Å². The first kappa shape index (κ1) is 23.1. The van der Waals surface area contributed by atoms with Crippen molar-refractivity contribution >= 4 is 28.8 Å². The molecule has 1 aliphatic heterocycles. The van der Waals surface area contributed by atoms with Gasteiger partial charge in [-0.2, -0.15) is 0 Å². The van der Waals surface area contributed by atoms with Gasteiger partial charge in [-0.05, 0) is 48.2 Å². The zero-order valence-electron chi connectivity index (χ0n) is 19.4. The van der Waals surface area contributed by atoms with Crippen molar-refractivity contribution in [3.8, 4) is 5.75 Å².